The zero-order chi connectivity index (χ0) is 17.4. The van der Waals surface area contributed by atoms with Gasteiger partial charge in [0, 0.05) is 19.6 Å². The molecule has 0 spiro atoms. The molecule has 0 bridgehead atoms. The molecule has 2 rings (SSSR count). The Labute approximate surface area is 146 Å². The van der Waals surface area contributed by atoms with Crippen LogP contribution in [0.2, 0.25) is 0 Å². The maximum Gasteiger partial charge on any atom is 0.343 e. The van der Waals surface area contributed by atoms with Crippen LogP contribution in [0.3, 0.4) is 0 Å². The SMILES string of the molecule is CCCCn1c(SCC(=O)N(CC)Cc2ccccc2)n[nH]c1=O. The van der Waals surface area contributed by atoms with E-state index in [4.69, 9.17) is 0 Å². The van der Waals surface area contributed by atoms with Gasteiger partial charge in [0.25, 0.3) is 0 Å². The highest BCUT2D eigenvalue weighted by Gasteiger charge is 2.15. The van der Waals surface area contributed by atoms with Crippen molar-refractivity contribution in [2.75, 3.05) is 12.3 Å². The number of H-pyrrole nitrogens is 1. The molecule has 0 radical (unpaired) electrons. The summed E-state index contributed by atoms with van der Waals surface area (Å²) in [4.78, 5) is 26.0. The Bertz CT molecular complexity index is 696. The number of nitrogens with zero attached hydrogens (tertiary/aromatic N) is 3. The fraction of sp³-hybridized carbons (Fsp3) is 0.471. The molecule has 0 aliphatic heterocycles. The van der Waals surface area contributed by atoms with Gasteiger partial charge in [0.15, 0.2) is 5.16 Å². The lowest BCUT2D eigenvalue weighted by Gasteiger charge is -2.20. The molecule has 6 nitrogen and oxygen atoms in total. The number of aromatic nitrogens is 3. The third-order valence-corrected chi connectivity index (χ3v) is 4.70. The highest BCUT2D eigenvalue weighted by Crippen LogP contribution is 2.15. The fourth-order valence-electron chi connectivity index (χ4n) is 2.32. The minimum absolute atomic E-state index is 0.0452. The van der Waals surface area contributed by atoms with Crippen LogP contribution in [0.25, 0.3) is 0 Å². The van der Waals surface area contributed by atoms with Gasteiger partial charge in [-0.25, -0.2) is 9.89 Å². The molecule has 1 N–H and O–H groups in total. The van der Waals surface area contributed by atoms with E-state index in [9.17, 15) is 9.59 Å². The molecule has 0 saturated carbocycles. The number of aromatic amines is 1. The van der Waals surface area contributed by atoms with Crippen LogP contribution in [-0.2, 0) is 17.9 Å². The van der Waals surface area contributed by atoms with Crippen molar-refractivity contribution in [3.8, 4) is 0 Å². The van der Waals surface area contributed by atoms with E-state index in [1.807, 2.05) is 42.2 Å². The summed E-state index contributed by atoms with van der Waals surface area (Å²) < 4.78 is 1.61. The topological polar surface area (TPSA) is 71.0 Å². The van der Waals surface area contributed by atoms with Gasteiger partial charge in [-0.1, -0.05) is 55.4 Å². The second-order valence-electron chi connectivity index (χ2n) is 5.50. The van der Waals surface area contributed by atoms with E-state index in [0.29, 0.717) is 24.8 Å². The van der Waals surface area contributed by atoms with Crippen molar-refractivity contribution in [2.24, 2.45) is 0 Å². The van der Waals surface area contributed by atoms with Crippen LogP contribution in [0.15, 0.2) is 40.3 Å². The number of amides is 1. The van der Waals surface area contributed by atoms with Crippen LogP contribution < -0.4 is 5.69 Å². The third-order valence-electron chi connectivity index (χ3n) is 3.73. The van der Waals surface area contributed by atoms with E-state index in [1.54, 1.807) is 4.57 Å². The van der Waals surface area contributed by atoms with E-state index >= 15 is 0 Å². The number of unbranched alkanes of at least 4 members (excludes halogenated alkanes) is 1. The second-order valence-corrected chi connectivity index (χ2v) is 6.44. The summed E-state index contributed by atoms with van der Waals surface area (Å²) in [5.41, 5.74) is 0.896. The second kappa shape index (κ2) is 9.32. The smallest absolute Gasteiger partial charge is 0.338 e. The molecule has 1 amide bonds. The van der Waals surface area contributed by atoms with Gasteiger partial charge in [0.2, 0.25) is 5.91 Å². The van der Waals surface area contributed by atoms with E-state index in [1.165, 1.54) is 11.8 Å². The van der Waals surface area contributed by atoms with Gasteiger partial charge >= 0.3 is 5.69 Å². The van der Waals surface area contributed by atoms with Crippen molar-refractivity contribution in [1.29, 1.82) is 0 Å². The first-order valence-electron chi connectivity index (χ1n) is 8.25. The number of rotatable bonds is 9. The molecule has 24 heavy (non-hydrogen) atoms. The Balaban J connectivity index is 1.95. The molecule has 130 valence electrons. The average Bonchev–Trinajstić information content (AvgIpc) is 2.96. The summed E-state index contributed by atoms with van der Waals surface area (Å²) in [6.07, 6.45) is 1.91. The standard InChI is InChI=1S/C17H24N4O2S/c1-3-5-11-21-16(23)18-19-17(21)24-13-15(22)20(4-2)12-14-9-7-6-8-10-14/h6-10H,3-5,11-13H2,1-2H3,(H,18,23). The van der Waals surface area contributed by atoms with Crippen LogP contribution >= 0.6 is 11.8 Å². The molecule has 0 saturated heterocycles. The van der Waals surface area contributed by atoms with Crippen molar-refractivity contribution < 1.29 is 4.79 Å². The Morgan fingerprint density at radius 2 is 2.04 bits per heavy atom. The number of thioether (sulfide) groups is 1. The van der Waals surface area contributed by atoms with Gasteiger partial charge in [0.1, 0.15) is 0 Å². The van der Waals surface area contributed by atoms with Crippen LogP contribution in [0, 0.1) is 0 Å². The summed E-state index contributed by atoms with van der Waals surface area (Å²) in [6, 6.07) is 9.93. The molecule has 0 fully saturated rings. The number of hydrogen-bond donors (Lipinski definition) is 1. The van der Waals surface area contributed by atoms with E-state index in [0.717, 1.165) is 18.4 Å². The van der Waals surface area contributed by atoms with Crippen molar-refractivity contribution in [2.45, 2.75) is 44.9 Å². The lowest BCUT2D eigenvalue weighted by atomic mass is 10.2. The Morgan fingerprint density at radius 3 is 2.71 bits per heavy atom. The molecule has 0 aliphatic rings. The molecule has 0 unspecified atom stereocenters. The van der Waals surface area contributed by atoms with Crippen molar-refractivity contribution in [3.05, 3.63) is 46.4 Å². The van der Waals surface area contributed by atoms with Gasteiger partial charge < -0.3 is 4.90 Å². The fourth-order valence-corrected chi connectivity index (χ4v) is 3.20. The van der Waals surface area contributed by atoms with Crippen LogP contribution in [0.4, 0.5) is 0 Å². The largest absolute Gasteiger partial charge is 0.343 e. The quantitative estimate of drug-likeness (QED) is 0.707. The number of carbonyl (C=O) groups is 1. The van der Waals surface area contributed by atoms with Crippen molar-refractivity contribution in [1.82, 2.24) is 19.7 Å². The predicted octanol–water partition coefficient (Wildman–Crippen LogP) is 2.51. The Morgan fingerprint density at radius 1 is 1.29 bits per heavy atom. The molecule has 0 atom stereocenters. The maximum absolute atomic E-state index is 12.5. The Hall–Kier alpha value is -2.02. The number of nitrogens with one attached hydrogen (secondary N) is 1. The first-order valence-corrected chi connectivity index (χ1v) is 9.24. The van der Waals surface area contributed by atoms with Gasteiger partial charge in [-0.3, -0.25) is 9.36 Å². The molecular weight excluding hydrogens is 324 g/mol. The minimum Gasteiger partial charge on any atom is -0.338 e. The zero-order valence-corrected chi connectivity index (χ0v) is 15.0. The predicted molar refractivity (Wildman–Crippen MR) is 96.0 cm³/mol. The molecule has 1 aromatic heterocycles. The molecule has 2 aromatic rings. The highest BCUT2D eigenvalue weighted by molar-refractivity contribution is 7.99. The zero-order valence-electron chi connectivity index (χ0n) is 14.2. The highest BCUT2D eigenvalue weighted by atomic mass is 32.2. The maximum atomic E-state index is 12.5. The summed E-state index contributed by atoms with van der Waals surface area (Å²) in [5.74, 6) is 0.320. The Kier molecular flexibility index (Phi) is 7.11. The summed E-state index contributed by atoms with van der Waals surface area (Å²) in [6.45, 7) is 5.92. The minimum atomic E-state index is -0.213. The van der Waals surface area contributed by atoms with Gasteiger partial charge in [-0.2, -0.15) is 0 Å². The molecule has 1 aromatic carbocycles. The molecule has 0 aliphatic carbocycles. The van der Waals surface area contributed by atoms with Crippen LogP contribution in [0.5, 0.6) is 0 Å². The van der Waals surface area contributed by atoms with Crippen molar-refractivity contribution >= 4 is 17.7 Å². The lowest BCUT2D eigenvalue weighted by Crippen LogP contribution is -2.31. The summed E-state index contributed by atoms with van der Waals surface area (Å²) in [7, 11) is 0. The first-order chi connectivity index (χ1) is 11.7. The summed E-state index contributed by atoms with van der Waals surface area (Å²) >= 11 is 1.31. The third kappa shape index (κ3) is 4.99. The first kappa shape index (κ1) is 18.3. The van der Waals surface area contributed by atoms with Crippen LogP contribution in [0.1, 0.15) is 32.3 Å². The van der Waals surface area contributed by atoms with E-state index < -0.39 is 0 Å². The van der Waals surface area contributed by atoms with E-state index in [2.05, 4.69) is 17.1 Å². The van der Waals surface area contributed by atoms with E-state index in [-0.39, 0.29) is 17.3 Å². The van der Waals surface area contributed by atoms with Crippen LogP contribution in [-0.4, -0.2) is 37.9 Å². The van der Waals surface area contributed by atoms with Gasteiger partial charge in [-0.05, 0) is 18.9 Å². The number of carbonyl (C=O) groups excluding carboxylic acids is 1. The van der Waals surface area contributed by atoms with Crippen molar-refractivity contribution in [3.63, 3.8) is 0 Å². The molecule has 7 heteroatoms. The number of hydrogen-bond acceptors (Lipinski definition) is 4. The normalized spacial score (nSPS) is 10.8. The van der Waals surface area contributed by atoms with Gasteiger partial charge in [-0.15, -0.1) is 5.10 Å². The monoisotopic (exact) mass is 348 g/mol. The number of benzene rings is 1. The summed E-state index contributed by atoms with van der Waals surface area (Å²) in [5, 5.41) is 7.07. The molecular formula is C17H24N4O2S. The molecule has 1 heterocycles. The lowest BCUT2D eigenvalue weighted by molar-refractivity contribution is -0.128. The van der Waals surface area contributed by atoms with Gasteiger partial charge in [0.05, 0.1) is 5.75 Å². The average molecular weight is 348 g/mol.